The van der Waals surface area contributed by atoms with Crippen LogP contribution < -0.4 is 0 Å². The molecule has 0 spiro atoms. The fourth-order valence-electron chi connectivity index (χ4n) is 9.67. The maximum Gasteiger partial charge on any atom is 0.510 e. The summed E-state index contributed by atoms with van der Waals surface area (Å²) in [6.07, 6.45) is -46.7. The van der Waals surface area contributed by atoms with E-state index in [1.165, 1.54) is 41.5 Å². The van der Waals surface area contributed by atoms with Gasteiger partial charge in [0, 0.05) is 11.8 Å². The fourth-order valence-corrected chi connectivity index (χ4v) is 9.67. The van der Waals surface area contributed by atoms with Crippen LogP contribution in [0.1, 0.15) is 134 Å². The van der Waals surface area contributed by atoms with Crippen molar-refractivity contribution in [3.05, 3.63) is 0 Å². The lowest BCUT2D eigenvalue weighted by Crippen LogP contribution is -2.67. The topological polar surface area (TPSA) is 144 Å². The Morgan fingerprint density at radius 1 is 0.507 bits per heavy atom. The second-order valence-corrected chi connectivity index (χ2v) is 21.6. The van der Waals surface area contributed by atoms with Crippen LogP contribution >= 0.6 is 0 Å². The van der Waals surface area contributed by atoms with E-state index in [0.29, 0.717) is 0 Å². The highest BCUT2D eigenvalue weighted by Crippen LogP contribution is 2.59. The Labute approximate surface area is 388 Å². The van der Waals surface area contributed by atoms with E-state index in [0.717, 1.165) is 27.7 Å². The molecule has 0 aromatic heterocycles. The van der Waals surface area contributed by atoms with Gasteiger partial charge in [-0.1, -0.05) is 6.92 Å². The fraction of sp³-hybridized carbons (Fsp3) is 0.907. The molecule has 69 heavy (non-hydrogen) atoms. The summed E-state index contributed by atoms with van der Waals surface area (Å²) in [5.41, 5.74) is -21.6. The molecule has 3 saturated carbocycles. The molecular formula is C43H59F15O11. The van der Waals surface area contributed by atoms with E-state index in [9.17, 15) is 50.6 Å². The van der Waals surface area contributed by atoms with Crippen molar-refractivity contribution in [2.75, 3.05) is 0 Å². The first kappa shape index (κ1) is 59.7. The molecule has 0 radical (unpaired) electrons. The third kappa shape index (κ3) is 12.9. The van der Waals surface area contributed by atoms with E-state index in [4.69, 9.17) is 14.2 Å². The summed E-state index contributed by atoms with van der Waals surface area (Å²) in [5, 5.41) is 9.74. The highest BCUT2D eigenvalue weighted by atomic mass is 19.4. The lowest BCUT2D eigenvalue weighted by Gasteiger charge is -2.49. The Bertz CT molecular complexity index is 1830. The first-order valence-electron chi connectivity index (χ1n) is 21.8. The first-order valence-corrected chi connectivity index (χ1v) is 21.8. The molecule has 0 saturated heterocycles. The minimum atomic E-state index is -6.65. The molecule has 402 valence electrons. The van der Waals surface area contributed by atoms with Crippen LogP contribution in [0.25, 0.3) is 0 Å². The maximum atomic E-state index is 15.1. The number of hydrogen-bond acceptors (Lipinski definition) is 11. The predicted octanol–water partition coefficient (Wildman–Crippen LogP) is 12.4. The van der Waals surface area contributed by atoms with Crippen molar-refractivity contribution in [2.24, 2.45) is 40.4 Å². The van der Waals surface area contributed by atoms with Crippen molar-refractivity contribution < 1.29 is 119 Å². The minimum absolute atomic E-state index is 0.0419. The third-order valence-electron chi connectivity index (χ3n) is 13.4. The smallest absolute Gasteiger partial charge is 0.462 e. The third-order valence-corrected chi connectivity index (χ3v) is 13.4. The summed E-state index contributed by atoms with van der Waals surface area (Å²) in [6, 6.07) is 0. The number of esters is 2. The van der Waals surface area contributed by atoms with E-state index in [1.807, 2.05) is 0 Å². The molecule has 0 amide bonds. The number of ether oxygens (including phenoxy) is 6. The molecule has 3 aliphatic carbocycles. The van der Waals surface area contributed by atoms with E-state index >= 15 is 39.5 Å². The average Bonchev–Trinajstić information content (AvgIpc) is 3.69. The van der Waals surface area contributed by atoms with Crippen LogP contribution in [0.5, 0.6) is 0 Å². The molecule has 26 heteroatoms. The number of alkyl halides is 15. The highest BCUT2D eigenvalue weighted by molar-refractivity contribution is 5.80. The van der Waals surface area contributed by atoms with Crippen molar-refractivity contribution in [3.63, 3.8) is 0 Å². The van der Waals surface area contributed by atoms with Crippen LogP contribution in [0.2, 0.25) is 0 Å². The number of carbonyl (C=O) groups is 4. The van der Waals surface area contributed by atoms with Gasteiger partial charge in [-0.25, -0.2) is 9.59 Å². The second-order valence-electron chi connectivity index (χ2n) is 21.6. The number of halogens is 15. The standard InChI is InChI=1S/C43H59F15O11/c1-12-35(10,20-34(8,9)28(59)65-27-15-21-13-22(27)14-23(21)19-37(63,40(47,48)49)41(50,51)52)29(60)64-26-17-24(36(11,39(44,45)46)68-30(61)66-32(2,3)4)16-25(18-26)38(42(53,54)55,43(56,57)58)69-31(62)67-33(5,6)7/h21-27,63H,12-20H2,1-11H3. The first-order chi connectivity index (χ1) is 30.5. The Morgan fingerprint density at radius 2 is 0.971 bits per heavy atom. The Kier molecular flexibility index (Phi) is 16.5. The van der Waals surface area contributed by atoms with Gasteiger partial charge in [-0.3, -0.25) is 9.59 Å². The zero-order chi connectivity index (χ0) is 54.0. The highest BCUT2D eigenvalue weighted by Gasteiger charge is 2.79. The Morgan fingerprint density at radius 3 is 1.36 bits per heavy atom. The lowest BCUT2D eigenvalue weighted by atomic mass is 9.66. The summed E-state index contributed by atoms with van der Waals surface area (Å²) < 4.78 is 246. The van der Waals surface area contributed by atoms with Crippen molar-refractivity contribution in [1.82, 2.24) is 0 Å². The molecule has 2 bridgehead atoms. The summed E-state index contributed by atoms with van der Waals surface area (Å²) in [7, 11) is 0. The van der Waals surface area contributed by atoms with Gasteiger partial charge < -0.3 is 33.5 Å². The molecule has 0 aromatic carbocycles. The van der Waals surface area contributed by atoms with Crippen LogP contribution in [0, 0.1) is 40.4 Å². The van der Waals surface area contributed by atoms with Gasteiger partial charge in [-0.05, 0) is 145 Å². The molecule has 3 aliphatic rings. The van der Waals surface area contributed by atoms with Gasteiger partial charge in [0.05, 0.1) is 10.8 Å². The zero-order valence-corrected chi connectivity index (χ0v) is 39.6. The molecule has 9 atom stereocenters. The molecule has 1 N–H and O–H groups in total. The van der Waals surface area contributed by atoms with E-state index in [1.54, 1.807) is 0 Å². The number of rotatable bonds is 13. The van der Waals surface area contributed by atoms with Crippen LogP contribution in [-0.4, -0.2) is 100 Å². The van der Waals surface area contributed by atoms with E-state index in [-0.39, 0.29) is 32.6 Å². The SMILES string of the molecule is CCC(C)(CC(C)(C)C(=O)OC1CC2CC1CC2CC(O)(C(F)(F)F)C(F)(F)F)C(=O)OC1CC(C(C)(OC(=O)OC(C)(C)C)C(F)(F)F)CC(C(OC(=O)OC(C)(C)C)(C(F)(F)F)C(F)(F)F)C1. The molecule has 0 heterocycles. The molecule has 3 fully saturated rings. The molecule has 3 rings (SSSR count). The monoisotopic (exact) mass is 1040 g/mol. The quantitative estimate of drug-likeness (QED) is 0.107. The Balaban J connectivity index is 2.01. The molecule has 9 unspecified atom stereocenters. The van der Waals surface area contributed by atoms with Crippen LogP contribution in [0.3, 0.4) is 0 Å². The van der Waals surface area contributed by atoms with Crippen LogP contribution in [-0.2, 0) is 38.0 Å². The minimum Gasteiger partial charge on any atom is -0.462 e. The van der Waals surface area contributed by atoms with Gasteiger partial charge >= 0.3 is 60.7 Å². The predicted molar refractivity (Wildman–Crippen MR) is 207 cm³/mol. The van der Waals surface area contributed by atoms with Crippen molar-refractivity contribution in [3.8, 4) is 0 Å². The number of hydrogen-bond donors (Lipinski definition) is 1. The maximum absolute atomic E-state index is 15.1. The van der Waals surface area contributed by atoms with Gasteiger partial charge in [-0.15, -0.1) is 0 Å². The van der Waals surface area contributed by atoms with Crippen LogP contribution in [0.4, 0.5) is 75.4 Å². The Hall–Kier alpha value is -3.61. The van der Waals surface area contributed by atoms with Gasteiger partial charge in [0.25, 0.3) is 5.60 Å². The summed E-state index contributed by atoms with van der Waals surface area (Å²) in [6.45, 7) is 11.9. The van der Waals surface area contributed by atoms with Crippen molar-refractivity contribution >= 4 is 24.2 Å². The normalized spacial score (nSPS) is 26.3. The summed E-state index contributed by atoms with van der Waals surface area (Å²) >= 11 is 0. The van der Waals surface area contributed by atoms with Gasteiger partial charge in [0.2, 0.25) is 5.60 Å². The summed E-state index contributed by atoms with van der Waals surface area (Å²) in [5.74, 6) is -11.2. The van der Waals surface area contributed by atoms with E-state index in [2.05, 4.69) is 14.2 Å². The lowest BCUT2D eigenvalue weighted by molar-refractivity contribution is -0.392. The number of fused-ring (bicyclic) bond motifs is 2. The van der Waals surface area contributed by atoms with Gasteiger partial charge in [0.1, 0.15) is 23.4 Å². The average molecular weight is 1040 g/mol. The van der Waals surface area contributed by atoms with Gasteiger partial charge in [0.15, 0.2) is 0 Å². The summed E-state index contributed by atoms with van der Waals surface area (Å²) in [4.78, 5) is 53.3. The largest absolute Gasteiger partial charge is 0.510 e. The number of aliphatic hydroxyl groups is 1. The van der Waals surface area contributed by atoms with Crippen molar-refractivity contribution in [1.29, 1.82) is 0 Å². The number of carbonyl (C=O) groups excluding carboxylic acids is 4. The second kappa shape index (κ2) is 19.1. The van der Waals surface area contributed by atoms with Gasteiger partial charge in [-0.2, -0.15) is 65.9 Å². The molecule has 0 aromatic rings. The zero-order valence-electron chi connectivity index (χ0n) is 39.6. The molecule has 11 nitrogen and oxygen atoms in total. The van der Waals surface area contributed by atoms with Crippen LogP contribution in [0.15, 0.2) is 0 Å². The van der Waals surface area contributed by atoms with E-state index < -0.39 is 168 Å². The van der Waals surface area contributed by atoms with Crippen molar-refractivity contribution in [2.45, 2.75) is 205 Å². The molecular weight excluding hydrogens is 977 g/mol. The molecule has 0 aliphatic heterocycles.